The minimum absolute atomic E-state index is 0.0185. The first-order valence-electron chi connectivity index (χ1n) is 8.06. The number of methoxy groups -OCH3 is 2. The van der Waals surface area contributed by atoms with Crippen molar-refractivity contribution in [2.45, 2.75) is 11.3 Å². The van der Waals surface area contributed by atoms with E-state index < -0.39 is 14.8 Å². The van der Waals surface area contributed by atoms with Crippen LogP contribution >= 0.6 is 0 Å². The van der Waals surface area contributed by atoms with Gasteiger partial charge in [0.15, 0.2) is 11.5 Å². The Bertz CT molecular complexity index is 1010. The molecule has 0 spiro atoms. The van der Waals surface area contributed by atoms with Crippen LogP contribution in [0.5, 0.6) is 11.5 Å². The largest absolute Gasteiger partial charge is 0.493 e. The topological polar surface area (TPSA) is 108 Å². The highest BCUT2D eigenvalue weighted by Crippen LogP contribution is 2.35. The fourth-order valence-electron chi connectivity index (χ4n) is 2.89. The van der Waals surface area contributed by atoms with Crippen molar-refractivity contribution in [1.29, 1.82) is 0 Å². The summed E-state index contributed by atoms with van der Waals surface area (Å²) in [6, 6.07) is 8.35. The Balaban J connectivity index is 2.04. The van der Waals surface area contributed by atoms with E-state index in [4.69, 9.17) is 9.47 Å². The number of nitrogens with zero attached hydrogens (tertiary/aromatic N) is 1. The summed E-state index contributed by atoms with van der Waals surface area (Å²) in [7, 11) is -0.745. The number of non-ortho nitro benzene ring substituents is 1. The molecule has 2 aromatic carbocycles. The van der Waals surface area contributed by atoms with Crippen molar-refractivity contribution in [2.75, 3.05) is 20.8 Å². The molecule has 0 fully saturated rings. The number of fused-ring (bicyclic) bond motifs is 1. The van der Waals surface area contributed by atoms with Crippen molar-refractivity contribution >= 4 is 21.2 Å². The van der Waals surface area contributed by atoms with Gasteiger partial charge in [-0.25, -0.2) is 8.42 Å². The number of nitro groups is 1. The zero-order valence-corrected chi connectivity index (χ0v) is 15.6. The van der Waals surface area contributed by atoms with Crippen LogP contribution in [0.25, 0.3) is 5.70 Å². The van der Waals surface area contributed by atoms with E-state index in [-0.39, 0.29) is 10.6 Å². The summed E-state index contributed by atoms with van der Waals surface area (Å²) in [5.41, 5.74) is 1.93. The molecule has 0 aromatic heterocycles. The molecule has 27 heavy (non-hydrogen) atoms. The van der Waals surface area contributed by atoms with Crippen LogP contribution in [0.2, 0.25) is 0 Å². The monoisotopic (exact) mass is 390 g/mol. The molecule has 0 radical (unpaired) electrons. The van der Waals surface area contributed by atoms with E-state index in [9.17, 15) is 18.5 Å². The number of ether oxygens (including phenoxy) is 2. The second-order valence-electron chi connectivity index (χ2n) is 5.87. The maximum absolute atomic E-state index is 12.7. The van der Waals surface area contributed by atoms with E-state index in [0.717, 1.165) is 11.0 Å². The average molecular weight is 390 g/mol. The smallest absolute Gasteiger partial charge is 0.269 e. The number of hydrogen-bond acceptors (Lipinski definition) is 7. The lowest BCUT2D eigenvalue weighted by Gasteiger charge is -2.23. The Hall–Kier alpha value is -3.07. The number of hydrogen-bond donors (Lipinski definition) is 1. The molecule has 1 aliphatic heterocycles. The first-order chi connectivity index (χ1) is 12.9. The molecule has 0 saturated carbocycles. The van der Waals surface area contributed by atoms with Gasteiger partial charge >= 0.3 is 0 Å². The van der Waals surface area contributed by atoms with Gasteiger partial charge in [-0.15, -0.1) is 0 Å². The highest BCUT2D eigenvalue weighted by Gasteiger charge is 2.21. The van der Waals surface area contributed by atoms with Crippen LogP contribution < -0.4 is 14.8 Å². The minimum Gasteiger partial charge on any atom is -0.493 e. The maximum Gasteiger partial charge on any atom is 0.269 e. The highest BCUT2D eigenvalue weighted by atomic mass is 32.2. The molecule has 0 unspecified atom stereocenters. The fraction of sp³-hybridized carbons (Fsp3) is 0.222. The van der Waals surface area contributed by atoms with Gasteiger partial charge < -0.3 is 14.8 Å². The van der Waals surface area contributed by atoms with Crippen LogP contribution in [0.3, 0.4) is 0 Å². The Morgan fingerprint density at radius 1 is 1.11 bits per heavy atom. The van der Waals surface area contributed by atoms with Gasteiger partial charge in [0.05, 0.1) is 35.1 Å². The van der Waals surface area contributed by atoms with Crippen LogP contribution in [0.1, 0.15) is 11.1 Å². The van der Waals surface area contributed by atoms with Crippen molar-refractivity contribution < 1.29 is 22.8 Å². The summed E-state index contributed by atoms with van der Waals surface area (Å²) in [4.78, 5) is 10.1. The molecular formula is C18H18N2O6S. The molecule has 1 N–H and O–H groups in total. The van der Waals surface area contributed by atoms with E-state index in [1.54, 1.807) is 13.2 Å². The lowest BCUT2D eigenvalue weighted by Crippen LogP contribution is -2.23. The lowest BCUT2D eigenvalue weighted by molar-refractivity contribution is -0.384. The minimum atomic E-state index is -3.80. The van der Waals surface area contributed by atoms with Crippen LogP contribution in [0, 0.1) is 10.1 Å². The van der Waals surface area contributed by atoms with Crippen LogP contribution in [0.4, 0.5) is 5.69 Å². The van der Waals surface area contributed by atoms with E-state index in [0.29, 0.717) is 35.7 Å². The number of sulfone groups is 1. The van der Waals surface area contributed by atoms with Crippen molar-refractivity contribution in [3.8, 4) is 11.5 Å². The Kier molecular flexibility index (Phi) is 5.04. The van der Waals surface area contributed by atoms with E-state index >= 15 is 0 Å². The van der Waals surface area contributed by atoms with Gasteiger partial charge in [0.1, 0.15) is 0 Å². The van der Waals surface area contributed by atoms with Crippen LogP contribution in [-0.2, 0) is 16.3 Å². The first kappa shape index (κ1) is 18.7. The number of nitrogens with one attached hydrogen (secondary N) is 1. The van der Waals surface area contributed by atoms with Gasteiger partial charge in [0, 0.05) is 24.2 Å². The molecule has 3 rings (SSSR count). The predicted octanol–water partition coefficient (Wildman–Crippen LogP) is 2.53. The van der Waals surface area contributed by atoms with E-state index in [1.165, 1.54) is 31.4 Å². The van der Waals surface area contributed by atoms with E-state index in [2.05, 4.69) is 5.32 Å². The van der Waals surface area contributed by atoms with Gasteiger partial charge in [-0.05, 0) is 36.2 Å². The lowest BCUT2D eigenvalue weighted by atomic mass is 9.98. The summed E-state index contributed by atoms with van der Waals surface area (Å²) in [5.74, 6) is 1.08. The van der Waals surface area contributed by atoms with Crippen molar-refractivity contribution in [1.82, 2.24) is 5.32 Å². The summed E-state index contributed by atoms with van der Waals surface area (Å²) in [6.07, 6.45) is 0.713. The van der Waals surface area contributed by atoms with Gasteiger partial charge in [-0.2, -0.15) is 0 Å². The number of nitro benzene ring substituents is 1. The molecule has 0 bridgehead atoms. The van der Waals surface area contributed by atoms with Crippen molar-refractivity contribution in [2.24, 2.45) is 0 Å². The van der Waals surface area contributed by atoms with Crippen molar-refractivity contribution in [3.63, 3.8) is 0 Å². The average Bonchev–Trinajstić information content (AvgIpc) is 2.67. The Morgan fingerprint density at radius 3 is 2.33 bits per heavy atom. The van der Waals surface area contributed by atoms with Gasteiger partial charge in [0.25, 0.3) is 5.69 Å². The molecule has 0 atom stereocenters. The second kappa shape index (κ2) is 7.28. The number of rotatable bonds is 5. The molecule has 1 aliphatic rings. The molecule has 142 valence electrons. The van der Waals surface area contributed by atoms with E-state index in [1.807, 2.05) is 6.07 Å². The third-order valence-corrected chi connectivity index (χ3v) is 5.73. The normalized spacial score (nSPS) is 15.0. The summed E-state index contributed by atoms with van der Waals surface area (Å²) < 4.78 is 36.1. The molecule has 0 aliphatic carbocycles. The third kappa shape index (κ3) is 3.72. The quantitative estimate of drug-likeness (QED) is 0.617. The van der Waals surface area contributed by atoms with Crippen molar-refractivity contribution in [3.05, 3.63) is 63.0 Å². The molecule has 0 saturated heterocycles. The van der Waals surface area contributed by atoms with Crippen LogP contribution in [-0.4, -0.2) is 34.1 Å². The molecule has 9 heteroatoms. The Morgan fingerprint density at radius 2 is 1.74 bits per heavy atom. The van der Waals surface area contributed by atoms with Gasteiger partial charge in [0.2, 0.25) is 9.84 Å². The zero-order valence-electron chi connectivity index (χ0n) is 14.8. The van der Waals surface area contributed by atoms with Gasteiger partial charge in [-0.3, -0.25) is 10.1 Å². The summed E-state index contributed by atoms with van der Waals surface area (Å²) in [5, 5.41) is 15.0. The standard InChI is InChI=1S/C18H18N2O6S/c1-25-17-9-12-7-8-19-16(15(12)10-18(17)26-2)11-27(23,24)14-5-3-13(4-6-14)20(21)22/h3-6,9-11,19H,7-8H2,1-2H3/b16-11-. The van der Waals surface area contributed by atoms with Gasteiger partial charge in [-0.1, -0.05) is 0 Å². The summed E-state index contributed by atoms with van der Waals surface area (Å²) >= 11 is 0. The summed E-state index contributed by atoms with van der Waals surface area (Å²) in [6.45, 7) is 0.574. The molecule has 1 heterocycles. The van der Waals surface area contributed by atoms with Crippen LogP contribution in [0.15, 0.2) is 46.7 Å². The Labute approximate surface area is 156 Å². The first-order valence-corrected chi connectivity index (χ1v) is 9.60. The molecule has 0 amide bonds. The molecule has 8 nitrogen and oxygen atoms in total. The maximum atomic E-state index is 12.7. The zero-order chi connectivity index (χ0) is 19.6. The number of benzene rings is 2. The fourth-order valence-corrected chi connectivity index (χ4v) is 4.06. The molecule has 2 aromatic rings. The molecular weight excluding hydrogens is 372 g/mol. The third-order valence-electron chi connectivity index (χ3n) is 4.26. The predicted molar refractivity (Wildman–Crippen MR) is 99.5 cm³/mol. The SMILES string of the molecule is COc1cc2c(cc1OC)/C(=C/S(=O)(=O)c1ccc([N+](=O)[O-])cc1)NCC2. The second-order valence-corrected chi connectivity index (χ2v) is 7.67. The highest BCUT2D eigenvalue weighted by molar-refractivity contribution is 7.94.